The topological polar surface area (TPSA) is 61.8 Å². The molecule has 0 aromatic heterocycles. The first-order valence-corrected chi connectivity index (χ1v) is 17.6. The van der Waals surface area contributed by atoms with E-state index in [2.05, 4.69) is 40.8 Å². The summed E-state index contributed by atoms with van der Waals surface area (Å²) in [6, 6.07) is 9.72. The smallest absolute Gasteiger partial charge is 0.426 e. The first kappa shape index (κ1) is 25.5. The normalized spacial score (nSPS) is 40.1. The van der Waals surface area contributed by atoms with Gasteiger partial charge in [-0.15, -0.1) is 0 Å². The quantitative estimate of drug-likeness (QED) is 0.323. The number of carbonyl (C=O) groups excluding carboxylic acids is 1. The molecule has 35 heavy (non-hydrogen) atoms. The van der Waals surface area contributed by atoms with Gasteiger partial charge in [-0.2, -0.15) is 0 Å². The summed E-state index contributed by atoms with van der Waals surface area (Å²) in [6.07, 6.45) is 5.92. The molecule has 4 fully saturated rings. The molecule has 2 spiro atoms. The largest absolute Gasteiger partial charge is 0.509 e. The molecule has 0 amide bonds. The van der Waals surface area contributed by atoms with Crippen molar-refractivity contribution in [2.45, 2.75) is 119 Å². The predicted molar refractivity (Wildman–Crippen MR) is 140 cm³/mol. The lowest BCUT2D eigenvalue weighted by Gasteiger charge is -2.52. The van der Waals surface area contributed by atoms with E-state index in [0.717, 1.165) is 43.4 Å². The molecule has 8 atom stereocenters. The lowest BCUT2D eigenvalue weighted by molar-refractivity contribution is -0.120. The third-order valence-electron chi connectivity index (χ3n) is 10.0. The highest BCUT2D eigenvalue weighted by molar-refractivity contribution is 7.85. The van der Waals surface area contributed by atoms with Crippen LogP contribution in [0.4, 0.5) is 4.79 Å². The van der Waals surface area contributed by atoms with Gasteiger partial charge in [-0.05, 0) is 74.2 Å². The van der Waals surface area contributed by atoms with Crippen LogP contribution in [0.15, 0.2) is 35.2 Å². The van der Waals surface area contributed by atoms with Crippen LogP contribution in [0.2, 0.25) is 18.1 Å². The van der Waals surface area contributed by atoms with Gasteiger partial charge in [-0.25, -0.2) is 4.79 Å². The maximum atomic E-state index is 14.3. The number of fused-ring (bicyclic) bond motifs is 1. The molecule has 5 rings (SSSR count). The van der Waals surface area contributed by atoms with Crippen LogP contribution in [0.1, 0.15) is 72.6 Å². The summed E-state index contributed by atoms with van der Waals surface area (Å²) in [4.78, 5) is 13.7. The van der Waals surface area contributed by atoms with Crippen molar-refractivity contribution < 1.29 is 22.9 Å². The summed E-state index contributed by atoms with van der Waals surface area (Å²) in [5.41, 5.74) is -1.30. The Kier molecular flexibility index (Phi) is 6.33. The molecule has 2 bridgehead atoms. The summed E-state index contributed by atoms with van der Waals surface area (Å²) in [5, 5.41) is -0.231. The summed E-state index contributed by atoms with van der Waals surface area (Å²) in [6.45, 7) is 13.7. The van der Waals surface area contributed by atoms with E-state index in [9.17, 15) is 9.00 Å². The number of carbonyl (C=O) groups is 1. The van der Waals surface area contributed by atoms with Gasteiger partial charge in [0, 0.05) is 10.3 Å². The van der Waals surface area contributed by atoms with Crippen LogP contribution in [-0.4, -0.2) is 41.7 Å². The zero-order valence-corrected chi connectivity index (χ0v) is 24.0. The molecule has 0 radical (unpaired) electrons. The van der Waals surface area contributed by atoms with Crippen molar-refractivity contribution in [2.75, 3.05) is 0 Å². The Morgan fingerprint density at radius 3 is 2.49 bits per heavy atom. The van der Waals surface area contributed by atoms with Crippen molar-refractivity contribution in [3.63, 3.8) is 0 Å². The Hall–Kier alpha value is -1.18. The highest BCUT2D eigenvalue weighted by Crippen LogP contribution is 2.67. The van der Waals surface area contributed by atoms with E-state index in [1.54, 1.807) is 0 Å². The maximum Gasteiger partial charge on any atom is 0.509 e. The van der Waals surface area contributed by atoms with Crippen LogP contribution in [-0.2, 0) is 24.7 Å². The Labute approximate surface area is 214 Å². The minimum absolute atomic E-state index is 0.00869. The first-order valence-electron chi connectivity index (χ1n) is 13.5. The van der Waals surface area contributed by atoms with Crippen molar-refractivity contribution in [3.8, 4) is 0 Å². The van der Waals surface area contributed by atoms with Crippen LogP contribution in [0.25, 0.3) is 0 Å². The molecule has 194 valence electrons. The second-order valence-corrected chi connectivity index (χ2v) is 19.4. The molecule has 1 aromatic rings. The molecule has 4 aliphatic rings. The van der Waals surface area contributed by atoms with Gasteiger partial charge in [0.15, 0.2) is 13.9 Å². The minimum atomic E-state index is -2.12. The minimum Gasteiger partial charge on any atom is -0.426 e. The fraction of sp³-hybridized carbons (Fsp3) is 0.750. The zero-order valence-electron chi connectivity index (χ0n) is 22.2. The summed E-state index contributed by atoms with van der Waals surface area (Å²) in [7, 11) is -3.44. The van der Waals surface area contributed by atoms with Crippen LogP contribution in [0.5, 0.6) is 0 Å². The van der Waals surface area contributed by atoms with Gasteiger partial charge in [0.2, 0.25) is 0 Å². The number of ether oxygens (including phenoxy) is 2. The number of hydrogen-bond donors (Lipinski definition) is 0. The summed E-state index contributed by atoms with van der Waals surface area (Å²) in [5.74, 6) is 0.519. The third-order valence-corrected chi connectivity index (χ3v) is 16.3. The zero-order chi connectivity index (χ0) is 25.2. The monoisotopic (exact) mass is 518 g/mol. The lowest BCUT2D eigenvalue weighted by atomic mass is 9.65. The van der Waals surface area contributed by atoms with Crippen molar-refractivity contribution in [1.82, 2.24) is 0 Å². The standard InChI is InChI=1S/C28H42O5SSi/c1-19-18-27-17-11-10-12-20(24(27)33-35(5,6)26(2,3)4)15-16-22(28(27)23(19)31-25(29)32-28)34(30)21-13-8-7-9-14-21/h7-9,13-14,19-20,22-24H,10-12,15-18H2,1-6H3/t19-,20+,22+,23+,24-,27-,28+,34+/m1/s1. The molecule has 1 saturated heterocycles. The van der Waals surface area contributed by atoms with Gasteiger partial charge in [-0.1, -0.05) is 58.7 Å². The Morgan fingerprint density at radius 1 is 1.09 bits per heavy atom. The Bertz CT molecular complexity index is 991. The summed E-state index contributed by atoms with van der Waals surface area (Å²) < 4.78 is 34.1. The van der Waals surface area contributed by atoms with Gasteiger partial charge in [0.05, 0.1) is 22.2 Å². The van der Waals surface area contributed by atoms with Gasteiger partial charge < -0.3 is 13.9 Å². The van der Waals surface area contributed by atoms with Gasteiger partial charge in [0.1, 0.15) is 6.10 Å². The molecule has 1 aliphatic heterocycles. The van der Waals surface area contributed by atoms with Crippen LogP contribution < -0.4 is 0 Å². The van der Waals surface area contributed by atoms with Crippen LogP contribution >= 0.6 is 0 Å². The van der Waals surface area contributed by atoms with E-state index >= 15 is 0 Å². The molecular formula is C28H42O5SSi. The Morgan fingerprint density at radius 2 is 1.80 bits per heavy atom. The van der Waals surface area contributed by atoms with Gasteiger partial charge in [0.25, 0.3) is 0 Å². The lowest BCUT2D eigenvalue weighted by Crippen LogP contribution is -2.64. The van der Waals surface area contributed by atoms with E-state index < -0.39 is 30.9 Å². The van der Waals surface area contributed by atoms with Crippen molar-refractivity contribution in [1.29, 1.82) is 0 Å². The fourth-order valence-corrected chi connectivity index (χ4v) is 10.8. The molecule has 3 saturated carbocycles. The fourth-order valence-electron chi connectivity index (χ4n) is 7.54. The molecule has 7 heteroatoms. The first-order chi connectivity index (χ1) is 16.4. The molecule has 0 N–H and O–H groups in total. The van der Waals surface area contributed by atoms with Crippen LogP contribution in [0.3, 0.4) is 0 Å². The van der Waals surface area contributed by atoms with E-state index in [-0.39, 0.29) is 33.8 Å². The molecule has 3 aliphatic carbocycles. The van der Waals surface area contributed by atoms with Crippen molar-refractivity contribution in [3.05, 3.63) is 30.3 Å². The van der Waals surface area contributed by atoms with Crippen molar-refractivity contribution in [2.24, 2.45) is 17.3 Å². The Balaban J connectivity index is 1.70. The predicted octanol–water partition coefficient (Wildman–Crippen LogP) is 6.84. The molecule has 1 aromatic carbocycles. The average molecular weight is 519 g/mol. The number of benzene rings is 1. The third kappa shape index (κ3) is 3.78. The highest BCUT2D eigenvalue weighted by atomic mass is 32.2. The van der Waals surface area contributed by atoms with E-state index in [4.69, 9.17) is 13.9 Å². The maximum absolute atomic E-state index is 14.3. The number of rotatable bonds is 4. The average Bonchev–Trinajstić information content (AvgIpc) is 3.15. The molecule has 5 nitrogen and oxygen atoms in total. The second kappa shape index (κ2) is 8.69. The van der Waals surface area contributed by atoms with Crippen molar-refractivity contribution >= 4 is 25.3 Å². The van der Waals surface area contributed by atoms with Crippen LogP contribution in [0, 0.1) is 17.3 Å². The second-order valence-electron chi connectivity index (χ2n) is 13.0. The van der Waals surface area contributed by atoms with Gasteiger partial charge >= 0.3 is 6.16 Å². The molecule has 0 unspecified atom stereocenters. The molecular weight excluding hydrogens is 476 g/mol. The summed E-state index contributed by atoms with van der Waals surface area (Å²) >= 11 is 0. The number of hydrogen-bond acceptors (Lipinski definition) is 5. The van der Waals surface area contributed by atoms with E-state index in [0.29, 0.717) is 5.92 Å². The van der Waals surface area contributed by atoms with E-state index in [1.165, 1.54) is 6.42 Å². The highest BCUT2D eigenvalue weighted by Gasteiger charge is 2.78. The molecule has 1 heterocycles. The van der Waals surface area contributed by atoms with E-state index in [1.807, 2.05) is 30.3 Å². The van der Waals surface area contributed by atoms with Gasteiger partial charge in [-0.3, -0.25) is 4.21 Å². The SMILES string of the molecule is C[C@@H]1C[C@@]23CCCC[C@@H](CC[C@H]([S@@](=O)c4ccccc4)[C@@]24OC(=O)O[C@@H]14)[C@H]3O[Si](C)(C)C(C)(C)C.